The van der Waals surface area contributed by atoms with Crippen molar-refractivity contribution in [3.8, 4) is 5.75 Å². The maximum absolute atomic E-state index is 13.0. The summed E-state index contributed by atoms with van der Waals surface area (Å²) >= 11 is 0. The molecule has 1 fully saturated rings. The number of benzene rings is 1. The summed E-state index contributed by atoms with van der Waals surface area (Å²) in [5, 5.41) is 11.0. The maximum atomic E-state index is 13.0. The first-order chi connectivity index (χ1) is 14.9. The lowest BCUT2D eigenvalue weighted by atomic mass is 9.95. The first kappa shape index (κ1) is 22.5. The van der Waals surface area contributed by atoms with Crippen molar-refractivity contribution >= 4 is 17.4 Å². The quantitative estimate of drug-likeness (QED) is 0.289. The van der Waals surface area contributed by atoms with Crippen LogP contribution in [0.5, 0.6) is 5.75 Å². The molecule has 1 amide bonds. The summed E-state index contributed by atoms with van der Waals surface area (Å²) in [4.78, 5) is 33.3. The fraction of sp³-hybridized carbons (Fsp3) is 0.375. The van der Waals surface area contributed by atoms with Gasteiger partial charge < -0.3 is 19.6 Å². The van der Waals surface area contributed by atoms with Crippen molar-refractivity contribution in [2.45, 2.75) is 25.8 Å². The number of nitrogens with zero attached hydrogens (tertiary/aromatic N) is 3. The van der Waals surface area contributed by atoms with E-state index < -0.39 is 17.7 Å². The Hall–Kier alpha value is -3.19. The molecule has 0 bridgehead atoms. The van der Waals surface area contributed by atoms with Crippen LogP contribution in [0, 0.1) is 0 Å². The van der Waals surface area contributed by atoms with Gasteiger partial charge in [-0.3, -0.25) is 14.6 Å². The van der Waals surface area contributed by atoms with Crippen LogP contribution in [-0.2, 0) is 9.59 Å². The minimum Gasteiger partial charge on any atom is -0.507 e. The Bertz CT molecular complexity index is 956. The summed E-state index contributed by atoms with van der Waals surface area (Å²) in [5.41, 5.74) is 1.25. The number of Topliss-reactive ketones (excluding diaryl/α,β-unsaturated/α-hetero) is 1. The fourth-order valence-corrected chi connectivity index (χ4v) is 3.54. The van der Waals surface area contributed by atoms with Crippen molar-refractivity contribution in [1.82, 2.24) is 14.8 Å². The highest BCUT2D eigenvalue weighted by Gasteiger charge is 2.46. The number of ketones is 1. The van der Waals surface area contributed by atoms with Gasteiger partial charge in [0.2, 0.25) is 0 Å². The van der Waals surface area contributed by atoms with Gasteiger partial charge in [0, 0.05) is 31.0 Å². The third kappa shape index (κ3) is 5.11. The van der Waals surface area contributed by atoms with Crippen molar-refractivity contribution in [2.75, 3.05) is 33.8 Å². The van der Waals surface area contributed by atoms with E-state index in [0.29, 0.717) is 31.0 Å². The molecular weight excluding hydrogens is 394 g/mol. The summed E-state index contributed by atoms with van der Waals surface area (Å²) < 4.78 is 5.83. The third-order valence-electron chi connectivity index (χ3n) is 5.22. The SMILES string of the molecule is CCCCOc1cccc(C2C(=C(O)c3ccncc3)C(=O)C(=O)N2CCN(C)C)c1. The second-order valence-corrected chi connectivity index (χ2v) is 7.81. The monoisotopic (exact) mass is 423 g/mol. The van der Waals surface area contributed by atoms with Crippen molar-refractivity contribution in [3.63, 3.8) is 0 Å². The van der Waals surface area contributed by atoms with E-state index in [2.05, 4.69) is 11.9 Å². The normalized spacial score (nSPS) is 18.1. The molecule has 1 atom stereocenters. The summed E-state index contributed by atoms with van der Waals surface area (Å²) in [5.74, 6) is -0.821. The van der Waals surface area contributed by atoms with Crippen LogP contribution >= 0.6 is 0 Å². The van der Waals surface area contributed by atoms with E-state index in [1.807, 2.05) is 43.3 Å². The molecule has 1 saturated heterocycles. The number of aromatic nitrogens is 1. The Morgan fingerprint density at radius 3 is 2.61 bits per heavy atom. The smallest absolute Gasteiger partial charge is 0.295 e. The standard InChI is InChI=1S/C24H29N3O4/c1-4-5-15-31-19-8-6-7-18(16-19)21-20(22(28)17-9-11-25-12-10-17)23(29)24(30)27(21)14-13-26(2)3/h6-12,16,21,28H,4-5,13-15H2,1-3H3. The number of amides is 1. The molecule has 3 rings (SSSR count). The molecule has 1 aromatic heterocycles. The van der Waals surface area contributed by atoms with Crippen LogP contribution in [-0.4, -0.2) is 65.4 Å². The molecule has 0 aliphatic carbocycles. The summed E-state index contributed by atoms with van der Waals surface area (Å²) in [6.07, 6.45) is 5.03. The fourth-order valence-electron chi connectivity index (χ4n) is 3.54. The van der Waals surface area contributed by atoms with E-state index in [0.717, 1.165) is 18.4 Å². The molecule has 31 heavy (non-hydrogen) atoms. The minimum atomic E-state index is -0.692. The van der Waals surface area contributed by atoms with Gasteiger partial charge >= 0.3 is 0 Å². The maximum Gasteiger partial charge on any atom is 0.295 e. The Labute approximate surface area is 183 Å². The molecule has 1 N–H and O–H groups in total. The van der Waals surface area contributed by atoms with Crippen LogP contribution in [0.15, 0.2) is 54.4 Å². The number of hydrogen-bond acceptors (Lipinski definition) is 6. The number of aliphatic hydroxyl groups excluding tert-OH is 1. The molecule has 1 aliphatic heterocycles. The molecule has 2 heterocycles. The summed E-state index contributed by atoms with van der Waals surface area (Å²) in [6.45, 7) is 3.64. The van der Waals surface area contributed by atoms with E-state index in [1.165, 1.54) is 17.3 Å². The van der Waals surface area contributed by atoms with Crippen LogP contribution in [0.1, 0.15) is 36.9 Å². The molecule has 2 aromatic rings. The number of likely N-dealkylation sites (N-methyl/N-ethyl adjacent to an activating group) is 1. The van der Waals surface area contributed by atoms with E-state index >= 15 is 0 Å². The number of ether oxygens (including phenoxy) is 1. The number of carbonyl (C=O) groups is 2. The molecule has 1 unspecified atom stereocenters. The van der Waals surface area contributed by atoms with E-state index in [-0.39, 0.29) is 11.3 Å². The Kier molecular flexibility index (Phi) is 7.41. The highest BCUT2D eigenvalue weighted by Crippen LogP contribution is 2.40. The van der Waals surface area contributed by atoms with E-state index in [1.54, 1.807) is 12.1 Å². The van der Waals surface area contributed by atoms with E-state index in [4.69, 9.17) is 4.74 Å². The molecule has 1 aliphatic rings. The van der Waals surface area contributed by atoms with Gasteiger partial charge in [0.15, 0.2) is 0 Å². The Balaban J connectivity index is 2.06. The van der Waals surface area contributed by atoms with Gasteiger partial charge in [0.1, 0.15) is 11.5 Å². The van der Waals surface area contributed by atoms with Gasteiger partial charge in [0.25, 0.3) is 11.7 Å². The van der Waals surface area contributed by atoms with Crippen LogP contribution in [0.4, 0.5) is 0 Å². The van der Waals surface area contributed by atoms with Crippen molar-refractivity contribution in [2.24, 2.45) is 0 Å². The molecule has 0 radical (unpaired) electrons. The van der Waals surface area contributed by atoms with Gasteiger partial charge in [-0.2, -0.15) is 0 Å². The number of pyridine rings is 1. The van der Waals surface area contributed by atoms with Crippen LogP contribution < -0.4 is 4.74 Å². The average molecular weight is 424 g/mol. The average Bonchev–Trinajstić information content (AvgIpc) is 3.03. The van der Waals surface area contributed by atoms with Gasteiger partial charge in [-0.15, -0.1) is 0 Å². The highest BCUT2D eigenvalue weighted by atomic mass is 16.5. The first-order valence-corrected chi connectivity index (χ1v) is 10.5. The molecule has 0 saturated carbocycles. The van der Waals surface area contributed by atoms with Crippen molar-refractivity contribution < 1.29 is 19.4 Å². The second-order valence-electron chi connectivity index (χ2n) is 7.81. The second kappa shape index (κ2) is 10.2. The van der Waals surface area contributed by atoms with Gasteiger partial charge in [-0.25, -0.2) is 0 Å². The van der Waals surface area contributed by atoms with Gasteiger partial charge in [-0.05, 0) is 50.3 Å². The Morgan fingerprint density at radius 1 is 1.19 bits per heavy atom. The van der Waals surface area contributed by atoms with Gasteiger partial charge in [0.05, 0.1) is 18.2 Å². The molecule has 164 valence electrons. The predicted octanol–water partition coefficient (Wildman–Crippen LogP) is 3.24. The van der Waals surface area contributed by atoms with Crippen molar-refractivity contribution in [3.05, 3.63) is 65.5 Å². The zero-order valence-electron chi connectivity index (χ0n) is 18.2. The zero-order valence-corrected chi connectivity index (χ0v) is 18.2. The zero-order chi connectivity index (χ0) is 22.4. The highest BCUT2D eigenvalue weighted by molar-refractivity contribution is 6.46. The molecule has 7 heteroatoms. The summed E-state index contributed by atoms with van der Waals surface area (Å²) in [6, 6.07) is 9.93. The molecule has 0 spiro atoms. The molecule has 1 aromatic carbocycles. The third-order valence-corrected chi connectivity index (χ3v) is 5.22. The number of carbonyl (C=O) groups excluding carboxylic acids is 2. The predicted molar refractivity (Wildman–Crippen MR) is 119 cm³/mol. The number of likely N-dealkylation sites (tertiary alicyclic amines) is 1. The Morgan fingerprint density at radius 2 is 1.94 bits per heavy atom. The number of hydrogen-bond donors (Lipinski definition) is 1. The lowest BCUT2D eigenvalue weighted by Crippen LogP contribution is -2.35. The van der Waals surface area contributed by atoms with Crippen LogP contribution in [0.2, 0.25) is 0 Å². The minimum absolute atomic E-state index is 0.0839. The first-order valence-electron chi connectivity index (χ1n) is 10.5. The number of rotatable bonds is 9. The van der Waals surface area contributed by atoms with Crippen LogP contribution in [0.25, 0.3) is 5.76 Å². The van der Waals surface area contributed by atoms with E-state index in [9.17, 15) is 14.7 Å². The van der Waals surface area contributed by atoms with Crippen LogP contribution in [0.3, 0.4) is 0 Å². The van der Waals surface area contributed by atoms with Gasteiger partial charge in [-0.1, -0.05) is 25.5 Å². The summed E-state index contributed by atoms with van der Waals surface area (Å²) in [7, 11) is 3.82. The lowest BCUT2D eigenvalue weighted by molar-refractivity contribution is -0.140. The lowest BCUT2D eigenvalue weighted by Gasteiger charge is -2.27. The van der Waals surface area contributed by atoms with Crippen molar-refractivity contribution in [1.29, 1.82) is 0 Å². The number of aliphatic hydroxyl groups is 1. The molecule has 7 nitrogen and oxygen atoms in total. The number of unbranched alkanes of at least 4 members (excludes halogenated alkanes) is 1. The largest absolute Gasteiger partial charge is 0.507 e. The topological polar surface area (TPSA) is 83.0 Å². The molecular formula is C24H29N3O4.